The van der Waals surface area contributed by atoms with Crippen LogP contribution in [0.1, 0.15) is 17.9 Å². The third kappa shape index (κ3) is 2.88. The molecule has 6 heteroatoms. The summed E-state index contributed by atoms with van der Waals surface area (Å²) in [6, 6.07) is 4.84. The topological polar surface area (TPSA) is 57.5 Å². The Morgan fingerprint density at radius 1 is 1.31 bits per heavy atom. The molecule has 0 heterocycles. The number of phenols is 1. The molecule has 1 rings (SSSR count). The fourth-order valence-corrected chi connectivity index (χ4v) is 1.36. The van der Waals surface area contributed by atoms with Crippen LogP contribution >= 0.6 is 0 Å². The van der Waals surface area contributed by atoms with Crippen molar-refractivity contribution in [1.29, 1.82) is 0 Å². The first kappa shape index (κ1) is 12.4. The lowest BCUT2D eigenvalue weighted by atomic mass is 9.94. The molecule has 0 saturated heterocycles. The van der Waals surface area contributed by atoms with E-state index >= 15 is 0 Å². The van der Waals surface area contributed by atoms with E-state index in [1.54, 1.807) is 0 Å². The van der Waals surface area contributed by atoms with E-state index in [-0.39, 0.29) is 0 Å². The van der Waals surface area contributed by atoms with Gasteiger partial charge in [0.2, 0.25) is 0 Å². The molecule has 0 aliphatic heterocycles. The minimum atomic E-state index is -4.70. The molecule has 0 saturated carbocycles. The summed E-state index contributed by atoms with van der Waals surface area (Å²) >= 11 is 0. The van der Waals surface area contributed by atoms with Gasteiger partial charge in [0.1, 0.15) is 5.75 Å². The number of hydrogen-bond donors (Lipinski definition) is 2. The van der Waals surface area contributed by atoms with Crippen LogP contribution in [0.25, 0.3) is 0 Å². The molecule has 0 amide bonds. The summed E-state index contributed by atoms with van der Waals surface area (Å²) in [6.45, 7) is 0. The van der Waals surface area contributed by atoms with Crippen LogP contribution in [0.4, 0.5) is 13.2 Å². The second-order valence-corrected chi connectivity index (χ2v) is 3.25. The molecule has 0 aromatic heterocycles. The molecule has 16 heavy (non-hydrogen) atoms. The van der Waals surface area contributed by atoms with E-state index in [0.29, 0.717) is 0 Å². The van der Waals surface area contributed by atoms with Gasteiger partial charge in [-0.15, -0.1) is 0 Å². The average molecular weight is 234 g/mol. The Kier molecular flexibility index (Phi) is 3.41. The number of halogens is 3. The highest BCUT2D eigenvalue weighted by molar-refractivity contribution is 5.68. The Bertz CT molecular complexity index is 387. The lowest BCUT2D eigenvalue weighted by Gasteiger charge is -2.19. The van der Waals surface area contributed by atoms with Crippen molar-refractivity contribution in [2.45, 2.75) is 18.5 Å². The first-order valence-corrected chi connectivity index (χ1v) is 4.38. The molecule has 1 unspecified atom stereocenters. The number of aliphatic carboxylic acids is 1. The fraction of sp³-hybridized carbons (Fsp3) is 0.300. The Labute approximate surface area is 89.1 Å². The highest BCUT2D eigenvalue weighted by Gasteiger charge is 2.43. The Balaban J connectivity index is 3.12. The maximum absolute atomic E-state index is 12.6. The predicted molar refractivity (Wildman–Crippen MR) is 49.2 cm³/mol. The van der Waals surface area contributed by atoms with Gasteiger partial charge in [0.15, 0.2) is 0 Å². The molecular formula is C10H9F3O3. The average Bonchev–Trinajstić information content (AvgIpc) is 2.13. The second kappa shape index (κ2) is 4.42. The van der Waals surface area contributed by atoms with E-state index in [0.717, 1.165) is 12.1 Å². The smallest absolute Gasteiger partial charge is 0.396 e. The van der Waals surface area contributed by atoms with E-state index < -0.39 is 35.8 Å². The van der Waals surface area contributed by atoms with Gasteiger partial charge in [0.25, 0.3) is 0 Å². The molecule has 1 aromatic rings. The van der Waals surface area contributed by atoms with Crippen molar-refractivity contribution in [3.8, 4) is 5.75 Å². The summed E-state index contributed by atoms with van der Waals surface area (Å²) in [6.07, 6.45) is -5.79. The van der Waals surface area contributed by atoms with Gasteiger partial charge < -0.3 is 10.2 Å². The summed E-state index contributed by atoms with van der Waals surface area (Å²) in [7, 11) is 0. The highest BCUT2D eigenvalue weighted by atomic mass is 19.4. The largest absolute Gasteiger partial charge is 0.508 e. The van der Waals surface area contributed by atoms with Crippen molar-refractivity contribution < 1.29 is 28.2 Å². The summed E-state index contributed by atoms with van der Waals surface area (Å²) in [5.74, 6) is -4.30. The first-order valence-electron chi connectivity index (χ1n) is 4.38. The van der Waals surface area contributed by atoms with E-state index in [9.17, 15) is 23.1 Å². The van der Waals surface area contributed by atoms with Crippen LogP contribution in [0.3, 0.4) is 0 Å². The third-order valence-corrected chi connectivity index (χ3v) is 2.09. The quantitative estimate of drug-likeness (QED) is 0.844. The van der Waals surface area contributed by atoms with Gasteiger partial charge in [0.05, 0.1) is 12.3 Å². The number of aromatic hydroxyl groups is 1. The molecule has 0 fully saturated rings. The minimum absolute atomic E-state index is 0.419. The van der Waals surface area contributed by atoms with Crippen LogP contribution in [-0.4, -0.2) is 22.4 Å². The molecule has 1 aromatic carbocycles. The van der Waals surface area contributed by atoms with Gasteiger partial charge >= 0.3 is 12.1 Å². The maximum Gasteiger partial charge on any atom is 0.396 e. The fourth-order valence-electron chi connectivity index (χ4n) is 1.36. The predicted octanol–water partition coefficient (Wildman–Crippen LogP) is 2.51. The lowest BCUT2D eigenvalue weighted by Crippen LogP contribution is -2.23. The van der Waals surface area contributed by atoms with Gasteiger partial charge in [0, 0.05) is 5.56 Å². The van der Waals surface area contributed by atoms with Crippen molar-refractivity contribution in [2.24, 2.45) is 0 Å². The molecule has 0 spiro atoms. The standard InChI is InChI=1S/C10H9F3O3/c11-10(12,13)7(5-9(15)16)6-3-1-2-4-8(6)14/h1-4,7,14H,5H2,(H,15,16). The Morgan fingerprint density at radius 3 is 2.31 bits per heavy atom. The zero-order valence-electron chi connectivity index (χ0n) is 8.03. The number of carbonyl (C=O) groups is 1. The molecule has 1 atom stereocenters. The van der Waals surface area contributed by atoms with Crippen molar-refractivity contribution in [3.05, 3.63) is 29.8 Å². The van der Waals surface area contributed by atoms with Gasteiger partial charge in [-0.2, -0.15) is 13.2 Å². The van der Waals surface area contributed by atoms with Crippen molar-refractivity contribution in [3.63, 3.8) is 0 Å². The normalized spacial score (nSPS) is 13.4. The van der Waals surface area contributed by atoms with Crippen molar-refractivity contribution in [2.75, 3.05) is 0 Å². The number of carboxylic acid groups (broad SMARTS) is 1. The third-order valence-electron chi connectivity index (χ3n) is 2.09. The summed E-state index contributed by atoms with van der Waals surface area (Å²) in [4.78, 5) is 10.4. The van der Waals surface area contributed by atoms with Crippen LogP contribution in [0.5, 0.6) is 5.75 Å². The number of rotatable bonds is 3. The van der Waals surface area contributed by atoms with E-state index in [4.69, 9.17) is 5.11 Å². The summed E-state index contributed by atoms with van der Waals surface area (Å²) in [5, 5.41) is 17.7. The number of para-hydroxylation sites is 1. The summed E-state index contributed by atoms with van der Waals surface area (Å²) < 4.78 is 37.7. The number of carboxylic acids is 1. The molecule has 88 valence electrons. The van der Waals surface area contributed by atoms with Gasteiger partial charge in [-0.05, 0) is 6.07 Å². The molecule has 0 aliphatic carbocycles. The Hall–Kier alpha value is -1.72. The molecule has 0 bridgehead atoms. The van der Waals surface area contributed by atoms with E-state index in [2.05, 4.69) is 0 Å². The monoisotopic (exact) mass is 234 g/mol. The summed E-state index contributed by atoms with van der Waals surface area (Å²) in [5.41, 5.74) is -0.419. The van der Waals surface area contributed by atoms with Crippen LogP contribution in [0.2, 0.25) is 0 Å². The van der Waals surface area contributed by atoms with E-state index in [1.807, 2.05) is 0 Å². The second-order valence-electron chi connectivity index (χ2n) is 3.25. The minimum Gasteiger partial charge on any atom is -0.508 e. The van der Waals surface area contributed by atoms with Gasteiger partial charge in [-0.25, -0.2) is 0 Å². The molecular weight excluding hydrogens is 225 g/mol. The SMILES string of the molecule is O=C(O)CC(c1ccccc1O)C(F)(F)F. The maximum atomic E-state index is 12.6. The van der Waals surface area contributed by atoms with Crippen molar-refractivity contribution in [1.82, 2.24) is 0 Å². The van der Waals surface area contributed by atoms with Crippen LogP contribution in [-0.2, 0) is 4.79 Å². The lowest BCUT2D eigenvalue weighted by molar-refractivity contribution is -0.163. The van der Waals surface area contributed by atoms with Crippen LogP contribution in [0, 0.1) is 0 Å². The number of hydrogen-bond acceptors (Lipinski definition) is 2. The van der Waals surface area contributed by atoms with Crippen molar-refractivity contribution >= 4 is 5.97 Å². The molecule has 3 nitrogen and oxygen atoms in total. The van der Waals surface area contributed by atoms with Crippen LogP contribution in [0.15, 0.2) is 24.3 Å². The highest BCUT2D eigenvalue weighted by Crippen LogP contribution is 2.40. The molecule has 0 aliphatic rings. The number of alkyl halides is 3. The zero-order valence-corrected chi connectivity index (χ0v) is 8.03. The Morgan fingerprint density at radius 2 is 1.88 bits per heavy atom. The zero-order chi connectivity index (χ0) is 12.3. The van der Waals surface area contributed by atoms with E-state index in [1.165, 1.54) is 12.1 Å². The number of phenolic OH excluding ortho intramolecular Hbond substituents is 1. The van der Waals surface area contributed by atoms with Crippen LogP contribution < -0.4 is 0 Å². The molecule has 0 radical (unpaired) electrons. The van der Waals surface area contributed by atoms with Gasteiger partial charge in [-0.1, -0.05) is 18.2 Å². The van der Waals surface area contributed by atoms with Gasteiger partial charge in [-0.3, -0.25) is 4.79 Å². The number of benzene rings is 1. The molecule has 2 N–H and O–H groups in total. The first-order chi connectivity index (χ1) is 7.32.